The summed E-state index contributed by atoms with van der Waals surface area (Å²) in [6.45, 7) is 0. The average molecular weight is 335 g/mol. The second-order valence-corrected chi connectivity index (χ2v) is 5.45. The van der Waals surface area contributed by atoms with Crippen molar-refractivity contribution in [3.05, 3.63) is 54.2 Å². The predicted octanol–water partition coefficient (Wildman–Crippen LogP) is 2.68. The van der Waals surface area contributed by atoms with Crippen LogP contribution >= 0.6 is 0 Å². The van der Waals surface area contributed by atoms with Crippen LogP contribution in [0.15, 0.2) is 52.8 Å². The van der Waals surface area contributed by atoms with E-state index in [0.29, 0.717) is 11.3 Å². The molecule has 3 amide bonds. The number of ether oxygens (including phenoxy) is 1. The van der Waals surface area contributed by atoms with Crippen LogP contribution < -0.4 is 15.4 Å². The Kier molecular flexibility index (Phi) is 3.46. The molecule has 1 saturated heterocycles. The topological polar surface area (TPSA) is 93.5 Å². The quantitative estimate of drug-likeness (QED) is 0.567. The number of benzene rings is 1. The summed E-state index contributed by atoms with van der Waals surface area (Å²) < 4.78 is 11.1. The maximum atomic E-state index is 11.6. The molecule has 2 N–H and O–H groups in total. The number of imide groups is 1. The van der Waals surface area contributed by atoms with E-state index in [-0.39, 0.29) is 5.70 Å². The third kappa shape index (κ3) is 2.72. The molecule has 7 nitrogen and oxygen atoms in total. The minimum Gasteiger partial charge on any atom is -0.497 e. The number of carbonyl (C=O) groups excluding carboxylic acids is 2. The smallest absolute Gasteiger partial charge is 0.326 e. The fourth-order valence-electron chi connectivity index (χ4n) is 2.67. The van der Waals surface area contributed by atoms with Gasteiger partial charge in [-0.1, -0.05) is 12.1 Å². The zero-order valence-electron chi connectivity index (χ0n) is 13.2. The lowest BCUT2D eigenvalue weighted by atomic mass is 10.1. The summed E-state index contributed by atoms with van der Waals surface area (Å²) in [5, 5.41) is 5.36. The van der Waals surface area contributed by atoms with E-state index < -0.39 is 11.9 Å². The number of furan rings is 1. The van der Waals surface area contributed by atoms with Crippen molar-refractivity contribution < 1.29 is 18.7 Å². The molecular formula is C18H13N3O4. The van der Waals surface area contributed by atoms with Gasteiger partial charge in [-0.15, -0.1) is 0 Å². The maximum Gasteiger partial charge on any atom is 0.326 e. The number of pyridine rings is 1. The molecule has 0 aliphatic carbocycles. The highest BCUT2D eigenvalue weighted by Crippen LogP contribution is 2.32. The Morgan fingerprint density at radius 2 is 2.04 bits per heavy atom. The number of amides is 3. The Labute approximate surface area is 142 Å². The minimum atomic E-state index is -0.550. The van der Waals surface area contributed by atoms with Crippen molar-refractivity contribution in [3.8, 4) is 16.9 Å². The van der Waals surface area contributed by atoms with Gasteiger partial charge in [0.1, 0.15) is 22.8 Å². The van der Waals surface area contributed by atoms with Gasteiger partial charge in [-0.05, 0) is 23.8 Å². The molecule has 1 aliphatic heterocycles. The molecule has 4 rings (SSSR count). The van der Waals surface area contributed by atoms with Crippen molar-refractivity contribution in [1.82, 2.24) is 15.6 Å². The molecule has 0 unspecified atom stereocenters. The first-order valence-electron chi connectivity index (χ1n) is 7.50. The fourth-order valence-corrected chi connectivity index (χ4v) is 2.67. The number of nitrogens with one attached hydrogen (secondary N) is 2. The average Bonchev–Trinajstić information content (AvgIpc) is 3.17. The van der Waals surface area contributed by atoms with Gasteiger partial charge >= 0.3 is 6.03 Å². The summed E-state index contributed by atoms with van der Waals surface area (Å²) >= 11 is 0. The van der Waals surface area contributed by atoms with Crippen molar-refractivity contribution in [1.29, 1.82) is 0 Å². The normalized spacial score (nSPS) is 15.5. The molecule has 7 heteroatoms. The van der Waals surface area contributed by atoms with Gasteiger partial charge in [0.15, 0.2) is 0 Å². The first-order chi connectivity index (χ1) is 12.1. The van der Waals surface area contributed by atoms with Crippen LogP contribution in [-0.4, -0.2) is 24.0 Å². The number of nitrogens with zero attached hydrogens (tertiary/aromatic N) is 1. The van der Waals surface area contributed by atoms with Crippen molar-refractivity contribution in [3.63, 3.8) is 0 Å². The second-order valence-electron chi connectivity index (χ2n) is 5.45. The molecule has 1 fully saturated rings. The Morgan fingerprint density at radius 1 is 1.16 bits per heavy atom. The van der Waals surface area contributed by atoms with Crippen LogP contribution in [0.1, 0.15) is 5.76 Å². The molecule has 0 atom stereocenters. The summed E-state index contributed by atoms with van der Waals surface area (Å²) in [5.74, 6) is 0.685. The Balaban J connectivity index is 1.80. The lowest BCUT2D eigenvalue weighted by Crippen LogP contribution is -2.22. The zero-order chi connectivity index (χ0) is 17.4. The lowest BCUT2D eigenvalue weighted by molar-refractivity contribution is -0.115. The van der Waals surface area contributed by atoms with Crippen molar-refractivity contribution >= 4 is 29.0 Å². The first-order valence-corrected chi connectivity index (χ1v) is 7.50. The zero-order valence-corrected chi connectivity index (χ0v) is 13.2. The lowest BCUT2D eigenvalue weighted by Gasteiger charge is -2.04. The van der Waals surface area contributed by atoms with Gasteiger partial charge < -0.3 is 14.5 Å². The van der Waals surface area contributed by atoms with Gasteiger partial charge in [-0.2, -0.15) is 0 Å². The van der Waals surface area contributed by atoms with Crippen LogP contribution in [0.4, 0.5) is 4.79 Å². The summed E-state index contributed by atoms with van der Waals surface area (Å²) in [7, 11) is 1.61. The van der Waals surface area contributed by atoms with Gasteiger partial charge in [0, 0.05) is 29.4 Å². The van der Waals surface area contributed by atoms with E-state index >= 15 is 0 Å². The SMILES string of the molecule is COc1cccc(-c2cncc3cc(C=C4NC(=O)NC4=O)oc23)c1. The monoisotopic (exact) mass is 335 g/mol. The summed E-state index contributed by atoms with van der Waals surface area (Å²) in [6.07, 6.45) is 4.87. The highest BCUT2D eigenvalue weighted by atomic mass is 16.5. The molecule has 3 aromatic rings. The number of hydrogen-bond donors (Lipinski definition) is 2. The predicted molar refractivity (Wildman–Crippen MR) is 90.6 cm³/mol. The van der Waals surface area contributed by atoms with Gasteiger partial charge in [-0.3, -0.25) is 15.1 Å². The van der Waals surface area contributed by atoms with Gasteiger partial charge in [0.05, 0.1) is 7.11 Å². The van der Waals surface area contributed by atoms with Crippen LogP contribution in [0.5, 0.6) is 5.75 Å². The number of urea groups is 1. The molecular weight excluding hydrogens is 322 g/mol. The molecule has 0 bridgehead atoms. The number of methoxy groups -OCH3 is 1. The number of fused-ring (bicyclic) bond motifs is 1. The van der Waals surface area contributed by atoms with Crippen LogP contribution in [0.2, 0.25) is 0 Å². The third-order valence-corrected chi connectivity index (χ3v) is 3.83. The van der Waals surface area contributed by atoms with E-state index in [1.807, 2.05) is 24.3 Å². The maximum absolute atomic E-state index is 11.6. The van der Waals surface area contributed by atoms with Gasteiger partial charge in [0.2, 0.25) is 0 Å². The Morgan fingerprint density at radius 3 is 2.80 bits per heavy atom. The van der Waals surface area contributed by atoms with E-state index in [1.165, 1.54) is 6.08 Å². The summed E-state index contributed by atoms with van der Waals surface area (Å²) in [4.78, 5) is 27.1. The number of hydrogen-bond acceptors (Lipinski definition) is 5. The summed E-state index contributed by atoms with van der Waals surface area (Å²) in [6, 6.07) is 8.78. The van der Waals surface area contributed by atoms with E-state index in [1.54, 1.807) is 25.6 Å². The Bertz CT molecular complexity index is 1040. The highest BCUT2D eigenvalue weighted by Gasteiger charge is 2.23. The van der Waals surface area contributed by atoms with Crippen molar-refractivity contribution in [2.75, 3.05) is 7.11 Å². The summed E-state index contributed by atoms with van der Waals surface area (Å²) in [5.41, 5.74) is 2.48. The van der Waals surface area contributed by atoms with Crippen LogP contribution in [0.3, 0.4) is 0 Å². The van der Waals surface area contributed by atoms with E-state index in [0.717, 1.165) is 22.3 Å². The molecule has 1 aromatic carbocycles. The second kappa shape index (κ2) is 5.79. The minimum absolute atomic E-state index is 0.139. The number of aromatic nitrogens is 1. The molecule has 0 saturated carbocycles. The van der Waals surface area contributed by atoms with Crippen LogP contribution in [-0.2, 0) is 4.79 Å². The van der Waals surface area contributed by atoms with E-state index in [2.05, 4.69) is 15.6 Å². The first kappa shape index (κ1) is 14.9. The molecule has 1 aliphatic rings. The Hall–Kier alpha value is -3.61. The van der Waals surface area contributed by atoms with E-state index in [9.17, 15) is 9.59 Å². The molecule has 25 heavy (non-hydrogen) atoms. The van der Waals surface area contributed by atoms with Gasteiger partial charge in [0.25, 0.3) is 5.91 Å². The molecule has 3 heterocycles. The van der Waals surface area contributed by atoms with E-state index in [4.69, 9.17) is 9.15 Å². The van der Waals surface area contributed by atoms with Crippen molar-refractivity contribution in [2.45, 2.75) is 0 Å². The van der Waals surface area contributed by atoms with Crippen LogP contribution in [0.25, 0.3) is 28.2 Å². The van der Waals surface area contributed by atoms with Crippen LogP contribution in [0, 0.1) is 0 Å². The highest BCUT2D eigenvalue weighted by molar-refractivity contribution is 6.14. The third-order valence-electron chi connectivity index (χ3n) is 3.83. The molecule has 124 valence electrons. The fraction of sp³-hybridized carbons (Fsp3) is 0.0556. The van der Waals surface area contributed by atoms with Crippen molar-refractivity contribution in [2.24, 2.45) is 0 Å². The number of carbonyl (C=O) groups is 2. The number of rotatable bonds is 3. The standard InChI is InChI=1S/C18H13N3O4/c1-24-12-4-2-3-10(5-12)14-9-19-8-11-6-13(25-16(11)14)7-15-17(22)21-18(23)20-15/h2-9H,1H3,(H2,20,21,22,23). The van der Waals surface area contributed by atoms with Gasteiger partial charge in [-0.25, -0.2) is 4.79 Å². The molecule has 0 spiro atoms. The largest absolute Gasteiger partial charge is 0.497 e. The molecule has 0 radical (unpaired) electrons. The molecule has 2 aromatic heterocycles.